The molecule has 1 aromatic heterocycles. The van der Waals surface area contributed by atoms with E-state index in [1.807, 2.05) is 5.38 Å². The zero-order chi connectivity index (χ0) is 14.4. The number of esters is 1. The Morgan fingerprint density at radius 3 is 2.42 bits per heavy atom. The molecular weight excluding hydrogens is 264 g/mol. The van der Waals surface area contributed by atoms with E-state index < -0.39 is 17.8 Å². The number of ketones is 2. The molecule has 19 heavy (non-hydrogen) atoms. The van der Waals surface area contributed by atoms with Gasteiger partial charge in [0.05, 0.1) is 12.5 Å². The van der Waals surface area contributed by atoms with E-state index in [1.165, 1.54) is 18.3 Å². The third kappa shape index (κ3) is 3.73. The Morgan fingerprint density at radius 2 is 2.00 bits per heavy atom. The normalized spacial score (nSPS) is 13.6. The summed E-state index contributed by atoms with van der Waals surface area (Å²) < 4.78 is 4.93. The molecule has 2 unspecified atom stereocenters. The standard InChI is InChI=1S/C14H18O4S/c1-4-10(16)13(11-7-6-8-19-11)12(9(3)15)14(17)18-5-2/h6-8,12-13H,4-5H2,1-3H3. The summed E-state index contributed by atoms with van der Waals surface area (Å²) in [6.45, 7) is 4.92. The van der Waals surface area contributed by atoms with E-state index >= 15 is 0 Å². The molecule has 0 radical (unpaired) electrons. The number of Topliss-reactive ketones (excluding diaryl/α,β-unsaturated/α-hetero) is 2. The summed E-state index contributed by atoms with van der Waals surface area (Å²) >= 11 is 1.38. The molecule has 0 spiro atoms. The predicted molar refractivity (Wildman–Crippen MR) is 73.2 cm³/mol. The highest BCUT2D eigenvalue weighted by atomic mass is 32.1. The summed E-state index contributed by atoms with van der Waals surface area (Å²) in [7, 11) is 0. The van der Waals surface area contributed by atoms with Gasteiger partial charge in [0.15, 0.2) is 0 Å². The molecule has 1 heterocycles. The first-order valence-corrected chi connectivity index (χ1v) is 7.14. The van der Waals surface area contributed by atoms with Gasteiger partial charge in [-0.15, -0.1) is 11.3 Å². The Hall–Kier alpha value is -1.49. The lowest BCUT2D eigenvalue weighted by molar-refractivity contribution is -0.153. The molecular formula is C14H18O4S. The molecule has 5 heteroatoms. The summed E-state index contributed by atoms with van der Waals surface area (Å²) in [5, 5.41) is 1.83. The molecule has 1 aromatic rings. The van der Waals surface area contributed by atoms with E-state index in [0.29, 0.717) is 0 Å². The van der Waals surface area contributed by atoms with Gasteiger partial charge in [-0.25, -0.2) is 0 Å². The molecule has 0 aliphatic heterocycles. The van der Waals surface area contributed by atoms with E-state index in [2.05, 4.69) is 0 Å². The first-order chi connectivity index (χ1) is 9.02. The Bertz CT molecular complexity index is 450. The summed E-state index contributed by atoms with van der Waals surface area (Å²) in [4.78, 5) is 36.6. The minimum atomic E-state index is -1.04. The van der Waals surface area contributed by atoms with Crippen LogP contribution in [0.4, 0.5) is 0 Å². The summed E-state index contributed by atoms with van der Waals surface area (Å²) in [5.74, 6) is -2.82. The van der Waals surface area contributed by atoms with Crippen LogP contribution in [0.15, 0.2) is 17.5 Å². The average Bonchev–Trinajstić information content (AvgIpc) is 2.87. The highest BCUT2D eigenvalue weighted by molar-refractivity contribution is 7.10. The van der Waals surface area contributed by atoms with Crippen LogP contribution in [0.25, 0.3) is 0 Å². The monoisotopic (exact) mass is 282 g/mol. The van der Waals surface area contributed by atoms with Crippen molar-refractivity contribution in [2.75, 3.05) is 6.61 Å². The van der Waals surface area contributed by atoms with Gasteiger partial charge in [-0.05, 0) is 25.3 Å². The summed E-state index contributed by atoms with van der Waals surface area (Å²) in [5.41, 5.74) is 0. The second-order valence-corrected chi connectivity index (χ2v) is 5.13. The van der Waals surface area contributed by atoms with Gasteiger partial charge < -0.3 is 4.74 Å². The Balaban J connectivity index is 3.15. The van der Waals surface area contributed by atoms with Gasteiger partial charge in [0, 0.05) is 11.3 Å². The van der Waals surface area contributed by atoms with Crippen LogP contribution in [0.2, 0.25) is 0 Å². The fourth-order valence-electron chi connectivity index (χ4n) is 1.97. The first kappa shape index (κ1) is 15.6. The Kier molecular flexibility index (Phi) is 5.89. The van der Waals surface area contributed by atoms with E-state index in [9.17, 15) is 14.4 Å². The maximum absolute atomic E-state index is 12.1. The van der Waals surface area contributed by atoms with Crippen molar-refractivity contribution in [2.45, 2.75) is 33.1 Å². The smallest absolute Gasteiger partial charge is 0.317 e. The molecule has 0 amide bonds. The van der Waals surface area contributed by atoms with E-state index in [1.54, 1.807) is 26.0 Å². The number of ether oxygens (including phenoxy) is 1. The molecule has 0 aliphatic carbocycles. The Labute approximate surface area is 116 Å². The third-order valence-corrected chi connectivity index (χ3v) is 3.81. The van der Waals surface area contributed by atoms with Gasteiger partial charge in [-0.1, -0.05) is 13.0 Å². The Morgan fingerprint density at radius 1 is 1.32 bits per heavy atom. The number of carbonyl (C=O) groups excluding carboxylic acids is 3. The quantitative estimate of drug-likeness (QED) is 0.569. The van der Waals surface area contributed by atoms with Crippen molar-refractivity contribution >= 4 is 28.9 Å². The molecule has 0 fully saturated rings. The van der Waals surface area contributed by atoms with Crippen LogP contribution in [-0.2, 0) is 19.1 Å². The maximum atomic E-state index is 12.1. The topological polar surface area (TPSA) is 60.4 Å². The lowest BCUT2D eigenvalue weighted by atomic mass is 9.83. The molecule has 0 N–H and O–H groups in total. The van der Waals surface area contributed by atoms with E-state index in [4.69, 9.17) is 4.74 Å². The largest absolute Gasteiger partial charge is 0.465 e. The molecule has 2 atom stereocenters. The summed E-state index contributed by atoms with van der Waals surface area (Å²) in [6, 6.07) is 3.58. The minimum Gasteiger partial charge on any atom is -0.465 e. The van der Waals surface area contributed by atoms with Crippen LogP contribution in [0.5, 0.6) is 0 Å². The highest BCUT2D eigenvalue weighted by Gasteiger charge is 2.38. The fourth-order valence-corrected chi connectivity index (χ4v) is 2.85. The van der Waals surface area contributed by atoms with Crippen LogP contribution >= 0.6 is 11.3 Å². The van der Waals surface area contributed by atoms with Crippen LogP contribution in [-0.4, -0.2) is 24.1 Å². The number of hydrogen-bond donors (Lipinski definition) is 0. The number of thiophene rings is 1. The predicted octanol–water partition coefficient (Wildman–Crippen LogP) is 2.58. The van der Waals surface area contributed by atoms with Crippen LogP contribution in [0, 0.1) is 5.92 Å². The summed E-state index contributed by atoms with van der Waals surface area (Å²) in [6.07, 6.45) is 0.283. The molecule has 0 saturated carbocycles. The lowest BCUT2D eigenvalue weighted by Crippen LogP contribution is -2.34. The van der Waals surface area contributed by atoms with Gasteiger partial charge in [-0.2, -0.15) is 0 Å². The van der Waals surface area contributed by atoms with Gasteiger partial charge in [0.25, 0.3) is 0 Å². The van der Waals surface area contributed by atoms with Crippen molar-refractivity contribution in [3.05, 3.63) is 22.4 Å². The molecule has 104 valence electrons. The van der Waals surface area contributed by atoms with Crippen molar-refractivity contribution in [1.29, 1.82) is 0 Å². The molecule has 0 saturated heterocycles. The van der Waals surface area contributed by atoms with Crippen LogP contribution in [0.3, 0.4) is 0 Å². The van der Waals surface area contributed by atoms with Crippen molar-refractivity contribution in [1.82, 2.24) is 0 Å². The van der Waals surface area contributed by atoms with Crippen molar-refractivity contribution in [3.8, 4) is 0 Å². The third-order valence-electron chi connectivity index (χ3n) is 2.86. The van der Waals surface area contributed by atoms with E-state index in [0.717, 1.165) is 4.88 Å². The zero-order valence-corrected chi connectivity index (χ0v) is 12.2. The van der Waals surface area contributed by atoms with Crippen LogP contribution in [0.1, 0.15) is 38.0 Å². The highest BCUT2D eigenvalue weighted by Crippen LogP contribution is 2.32. The lowest BCUT2D eigenvalue weighted by Gasteiger charge is -2.21. The van der Waals surface area contributed by atoms with E-state index in [-0.39, 0.29) is 24.6 Å². The second-order valence-electron chi connectivity index (χ2n) is 4.15. The molecule has 0 aromatic carbocycles. The molecule has 0 aliphatic rings. The number of rotatable bonds is 7. The SMILES string of the molecule is CCOC(=O)C(C(C)=O)C(C(=O)CC)c1cccs1. The molecule has 0 bridgehead atoms. The first-order valence-electron chi connectivity index (χ1n) is 6.26. The maximum Gasteiger partial charge on any atom is 0.317 e. The van der Waals surface area contributed by atoms with Gasteiger partial charge >= 0.3 is 5.97 Å². The number of hydrogen-bond acceptors (Lipinski definition) is 5. The van der Waals surface area contributed by atoms with Crippen molar-refractivity contribution in [3.63, 3.8) is 0 Å². The molecule has 4 nitrogen and oxygen atoms in total. The fraction of sp³-hybridized carbons (Fsp3) is 0.500. The zero-order valence-electron chi connectivity index (χ0n) is 11.3. The van der Waals surface area contributed by atoms with Gasteiger partial charge in [0.2, 0.25) is 0 Å². The number of carbonyl (C=O) groups is 3. The van der Waals surface area contributed by atoms with Crippen molar-refractivity contribution < 1.29 is 19.1 Å². The van der Waals surface area contributed by atoms with Gasteiger partial charge in [0.1, 0.15) is 17.5 Å². The molecule has 1 rings (SSSR count). The van der Waals surface area contributed by atoms with Crippen LogP contribution < -0.4 is 0 Å². The van der Waals surface area contributed by atoms with Crippen molar-refractivity contribution in [2.24, 2.45) is 5.92 Å². The average molecular weight is 282 g/mol. The minimum absolute atomic E-state index is 0.115. The van der Waals surface area contributed by atoms with Gasteiger partial charge in [-0.3, -0.25) is 14.4 Å². The second kappa shape index (κ2) is 7.19.